The van der Waals surface area contributed by atoms with Gasteiger partial charge in [-0.3, -0.25) is 9.69 Å². The first-order valence-electron chi connectivity index (χ1n) is 11.2. The Balaban J connectivity index is 1.49. The summed E-state index contributed by atoms with van der Waals surface area (Å²) in [6.07, 6.45) is 1.78. The van der Waals surface area contributed by atoms with Crippen LogP contribution in [0.1, 0.15) is 40.4 Å². The number of rotatable bonds is 7. The molecule has 7 nitrogen and oxygen atoms in total. The van der Waals surface area contributed by atoms with E-state index in [0.29, 0.717) is 38.4 Å². The lowest BCUT2D eigenvalue weighted by Crippen LogP contribution is -2.43. The largest absolute Gasteiger partial charge is 0.379 e. The molecule has 2 aliphatic heterocycles. The van der Waals surface area contributed by atoms with E-state index in [1.807, 2.05) is 31.2 Å². The first-order valence-corrected chi connectivity index (χ1v) is 12.7. The molecular formula is C24H31N3O4S. The fourth-order valence-electron chi connectivity index (χ4n) is 4.17. The van der Waals surface area contributed by atoms with Gasteiger partial charge in [-0.25, -0.2) is 8.42 Å². The molecule has 4 rings (SSSR count). The van der Waals surface area contributed by atoms with Crippen LogP contribution in [0.3, 0.4) is 0 Å². The zero-order chi connectivity index (χ0) is 22.6. The van der Waals surface area contributed by atoms with Crippen molar-refractivity contribution < 1.29 is 17.9 Å². The Morgan fingerprint density at radius 1 is 0.969 bits per heavy atom. The van der Waals surface area contributed by atoms with Gasteiger partial charge in [0.2, 0.25) is 10.0 Å². The minimum absolute atomic E-state index is 0.172. The summed E-state index contributed by atoms with van der Waals surface area (Å²) in [6.45, 7) is 6.91. The maximum atomic E-state index is 13.0. The average Bonchev–Trinajstić information content (AvgIpc) is 3.36. The summed E-state index contributed by atoms with van der Waals surface area (Å²) in [5, 5.41) is 3.15. The molecular weight excluding hydrogens is 426 g/mol. The van der Waals surface area contributed by atoms with Gasteiger partial charge in [-0.15, -0.1) is 0 Å². The smallest absolute Gasteiger partial charge is 0.251 e. The highest BCUT2D eigenvalue weighted by Crippen LogP contribution is 2.22. The molecule has 172 valence electrons. The number of nitrogens with zero attached hydrogens (tertiary/aromatic N) is 2. The molecule has 0 radical (unpaired) electrons. The zero-order valence-electron chi connectivity index (χ0n) is 18.5. The molecule has 2 fully saturated rings. The first kappa shape index (κ1) is 22.9. The third-order valence-electron chi connectivity index (χ3n) is 6.15. The summed E-state index contributed by atoms with van der Waals surface area (Å²) in [6, 6.07) is 14.3. The normalized spacial score (nSPS) is 19.0. The number of carbonyl (C=O) groups excluding carboxylic acids is 1. The van der Waals surface area contributed by atoms with Crippen LogP contribution >= 0.6 is 0 Å². The van der Waals surface area contributed by atoms with Crippen molar-refractivity contribution in [2.24, 2.45) is 0 Å². The quantitative estimate of drug-likeness (QED) is 0.691. The summed E-state index contributed by atoms with van der Waals surface area (Å²) < 4.78 is 32.4. The third kappa shape index (κ3) is 5.38. The molecule has 1 atom stereocenters. The van der Waals surface area contributed by atoms with Crippen molar-refractivity contribution in [3.63, 3.8) is 0 Å². The van der Waals surface area contributed by atoms with Crippen molar-refractivity contribution in [3.8, 4) is 0 Å². The first-order chi connectivity index (χ1) is 15.4. The van der Waals surface area contributed by atoms with Crippen molar-refractivity contribution in [2.45, 2.75) is 30.7 Å². The second-order valence-electron chi connectivity index (χ2n) is 8.49. The van der Waals surface area contributed by atoms with Gasteiger partial charge in [0.15, 0.2) is 0 Å². The Kier molecular flexibility index (Phi) is 7.25. The van der Waals surface area contributed by atoms with Gasteiger partial charge in [0.1, 0.15) is 0 Å². The molecule has 0 spiro atoms. The number of nitrogens with one attached hydrogen (secondary N) is 1. The van der Waals surface area contributed by atoms with Crippen LogP contribution in [0.4, 0.5) is 0 Å². The van der Waals surface area contributed by atoms with E-state index < -0.39 is 10.0 Å². The van der Waals surface area contributed by atoms with Gasteiger partial charge in [0.25, 0.3) is 5.91 Å². The lowest BCUT2D eigenvalue weighted by atomic mass is 10.0. The van der Waals surface area contributed by atoms with Crippen molar-refractivity contribution in [3.05, 3.63) is 65.2 Å². The lowest BCUT2D eigenvalue weighted by Gasteiger charge is -2.31. The van der Waals surface area contributed by atoms with Gasteiger partial charge in [-0.1, -0.05) is 29.8 Å². The van der Waals surface area contributed by atoms with Crippen LogP contribution in [0.15, 0.2) is 53.4 Å². The Labute approximate surface area is 190 Å². The second-order valence-corrected chi connectivity index (χ2v) is 10.4. The van der Waals surface area contributed by atoms with Crippen molar-refractivity contribution in [1.29, 1.82) is 0 Å². The minimum atomic E-state index is -3.49. The van der Waals surface area contributed by atoms with Crippen LogP contribution in [-0.4, -0.2) is 69.5 Å². The molecule has 2 saturated heterocycles. The molecule has 8 heteroatoms. The average molecular weight is 458 g/mol. The number of ether oxygens (including phenoxy) is 1. The Morgan fingerprint density at radius 2 is 1.59 bits per heavy atom. The Hall–Kier alpha value is -2.26. The van der Waals surface area contributed by atoms with Crippen molar-refractivity contribution in [2.75, 3.05) is 45.9 Å². The van der Waals surface area contributed by atoms with Crippen LogP contribution in [0.5, 0.6) is 0 Å². The SMILES string of the molecule is Cc1ccc(C(CN2CCOCC2)NC(=O)c2ccc(S(=O)(=O)N3CCCC3)cc2)cc1. The molecule has 1 amide bonds. The van der Waals surface area contributed by atoms with E-state index in [4.69, 9.17) is 4.74 Å². The monoisotopic (exact) mass is 457 g/mol. The van der Waals surface area contributed by atoms with Gasteiger partial charge in [-0.05, 0) is 49.6 Å². The molecule has 2 aromatic carbocycles. The summed E-state index contributed by atoms with van der Waals surface area (Å²) in [4.78, 5) is 15.6. The third-order valence-corrected chi connectivity index (χ3v) is 8.06. The standard InChI is InChI=1S/C24H31N3O4S/c1-19-4-6-20(7-5-19)23(18-26-14-16-31-17-15-26)25-24(28)21-8-10-22(11-9-21)32(29,30)27-12-2-3-13-27/h4-11,23H,2-3,12-18H2,1H3,(H,25,28). The second kappa shape index (κ2) is 10.1. The number of amides is 1. The van der Waals surface area contributed by atoms with Gasteiger partial charge >= 0.3 is 0 Å². The maximum Gasteiger partial charge on any atom is 0.251 e. The van der Waals surface area contributed by atoms with Gasteiger partial charge < -0.3 is 10.1 Å². The van der Waals surface area contributed by atoms with Gasteiger partial charge in [0, 0.05) is 38.3 Å². The van der Waals surface area contributed by atoms with Crippen LogP contribution in [0.25, 0.3) is 0 Å². The molecule has 0 aromatic heterocycles. The molecule has 0 saturated carbocycles. The fraction of sp³-hybridized carbons (Fsp3) is 0.458. The number of sulfonamides is 1. The number of morpholine rings is 1. The number of hydrogen-bond acceptors (Lipinski definition) is 5. The molecule has 2 aliphatic rings. The molecule has 0 aliphatic carbocycles. The van der Waals surface area contributed by atoms with Crippen molar-refractivity contribution in [1.82, 2.24) is 14.5 Å². The van der Waals surface area contributed by atoms with E-state index in [2.05, 4.69) is 10.2 Å². The predicted octanol–water partition coefficient (Wildman–Crippen LogP) is 2.58. The summed E-state index contributed by atoms with van der Waals surface area (Å²) in [5.74, 6) is -0.214. The van der Waals surface area contributed by atoms with Gasteiger partial charge in [-0.2, -0.15) is 4.31 Å². The van der Waals surface area contributed by atoms with E-state index in [1.54, 1.807) is 12.1 Å². The minimum Gasteiger partial charge on any atom is -0.379 e. The van der Waals surface area contributed by atoms with E-state index in [1.165, 1.54) is 22.0 Å². The molecule has 2 aromatic rings. The summed E-state index contributed by atoms with van der Waals surface area (Å²) in [5.41, 5.74) is 2.66. The van der Waals surface area contributed by atoms with Crippen LogP contribution in [0, 0.1) is 6.92 Å². The molecule has 2 heterocycles. The topological polar surface area (TPSA) is 79.0 Å². The molecule has 1 N–H and O–H groups in total. The molecule has 1 unspecified atom stereocenters. The summed E-state index contributed by atoms with van der Waals surface area (Å²) in [7, 11) is -3.49. The molecule has 32 heavy (non-hydrogen) atoms. The molecule has 0 bridgehead atoms. The number of carbonyl (C=O) groups is 1. The van der Waals surface area contributed by atoms with E-state index in [0.717, 1.165) is 31.5 Å². The summed E-state index contributed by atoms with van der Waals surface area (Å²) >= 11 is 0. The highest BCUT2D eigenvalue weighted by atomic mass is 32.2. The van der Waals surface area contributed by atoms with E-state index in [-0.39, 0.29) is 16.8 Å². The maximum absolute atomic E-state index is 13.0. The highest BCUT2D eigenvalue weighted by Gasteiger charge is 2.27. The highest BCUT2D eigenvalue weighted by molar-refractivity contribution is 7.89. The van der Waals surface area contributed by atoms with E-state index >= 15 is 0 Å². The van der Waals surface area contributed by atoms with Crippen LogP contribution in [0.2, 0.25) is 0 Å². The van der Waals surface area contributed by atoms with Crippen LogP contribution < -0.4 is 5.32 Å². The number of benzene rings is 2. The lowest BCUT2D eigenvalue weighted by molar-refractivity contribution is 0.0332. The van der Waals surface area contributed by atoms with Gasteiger partial charge in [0.05, 0.1) is 24.2 Å². The number of hydrogen-bond donors (Lipinski definition) is 1. The zero-order valence-corrected chi connectivity index (χ0v) is 19.3. The fourth-order valence-corrected chi connectivity index (χ4v) is 5.69. The number of aryl methyl sites for hydroxylation is 1. The predicted molar refractivity (Wildman–Crippen MR) is 123 cm³/mol. The van der Waals surface area contributed by atoms with Crippen molar-refractivity contribution >= 4 is 15.9 Å². The Bertz CT molecular complexity index is 1010. The van der Waals surface area contributed by atoms with Crippen LogP contribution in [-0.2, 0) is 14.8 Å². The Morgan fingerprint density at radius 3 is 2.22 bits per heavy atom. The van der Waals surface area contributed by atoms with E-state index in [9.17, 15) is 13.2 Å².